The Morgan fingerprint density at radius 2 is 0.938 bits per heavy atom. The predicted octanol–water partition coefficient (Wildman–Crippen LogP) is 8.79. The molecular weight excluding hydrogens is 1440 g/mol. The molecule has 8 heterocycles. The molecule has 6 fully saturated rings. The third-order valence-corrected chi connectivity index (χ3v) is 23.1. The monoisotopic (exact) mass is 1540 g/mol. The maximum atomic E-state index is 13.4. The van der Waals surface area contributed by atoms with Gasteiger partial charge in [0.15, 0.2) is 6.29 Å². The Morgan fingerprint density at radius 1 is 0.496 bits per heavy atom. The molecule has 28 heteroatoms. The molecule has 6 aliphatic heterocycles. The number of imidazole rings is 2. The highest BCUT2D eigenvalue weighted by atomic mass is 16.5. The van der Waals surface area contributed by atoms with Crippen molar-refractivity contribution in [2.45, 2.75) is 147 Å². The van der Waals surface area contributed by atoms with Crippen molar-refractivity contribution in [2.24, 2.45) is 17.8 Å². The van der Waals surface area contributed by atoms with Crippen LogP contribution in [0.3, 0.4) is 0 Å². The number of piperazine rings is 1. The van der Waals surface area contributed by atoms with Crippen LogP contribution in [0.2, 0.25) is 0 Å². The number of hydrogen-bond acceptors (Lipinski definition) is 20. The average Bonchev–Trinajstić information content (AvgIpc) is 1.60. The summed E-state index contributed by atoms with van der Waals surface area (Å²) in [4.78, 5) is 152. The predicted molar refractivity (Wildman–Crippen MR) is 418 cm³/mol. The van der Waals surface area contributed by atoms with E-state index >= 15 is 0 Å². The summed E-state index contributed by atoms with van der Waals surface area (Å²) < 4.78 is 15.6. The third kappa shape index (κ3) is 17.9. The topological polar surface area (TPSA) is 355 Å². The maximum absolute atomic E-state index is 13.4. The quantitative estimate of drug-likeness (QED) is 0.0261. The van der Waals surface area contributed by atoms with E-state index in [9.17, 15) is 63.0 Å². The van der Waals surface area contributed by atoms with Crippen molar-refractivity contribution in [1.82, 2.24) is 54.7 Å². The largest absolute Gasteiger partial charge is 0.494 e. The Hall–Kier alpha value is -11.2. The number of aliphatic hydroxyl groups excluding tert-OH is 2. The van der Waals surface area contributed by atoms with Crippen LogP contribution in [-0.4, -0.2) is 192 Å². The number of ether oxygens (including phenoxy) is 2. The standard InChI is InChI=1S/C43H48N6O7.C27H35N5O2.C15H12N2O6/c1-26-3-2-4-30(21-26)39(52)46-43-44-35-22-29(7-12-36(35)48(43)31-8-5-28(25-50)6-9-31)24-47-18-15-27(16-19-47)17-20-56-32-10-11-33-34(23-32)42(55)49(41(33)54)37-13-14-38(51)45-40(37)53;1-19-3-2-4-22(15-19)26(34)30-27-29-24-16-21(17-31-13-11-28-12-14-31)7-10-25(24)32(27)23-8-5-20(18-33)6-9-23;18-5-6-23-8-1-2-9-10(7-8)15(22)17(14(9)21)11-3-4-12(19)16-13(11)20/h2-4,7,10-12,21-23,27-28,31,37,50H,5-6,8-9,13-20,24-25H2,1H3,(H,44,46,52)(H,45,51,53);2-4,7,10,15-16,20,23,28,33H,5-6,8-9,11-14,17-18H2,1H3,(H,29,30,34);1-2,5,7,11H,3-4,6H2,(H,16,19,20). The lowest BCUT2D eigenvalue weighted by molar-refractivity contribution is -0.137. The first-order chi connectivity index (χ1) is 54.8. The summed E-state index contributed by atoms with van der Waals surface area (Å²) in [5, 5.41) is 33.3. The van der Waals surface area contributed by atoms with E-state index in [2.05, 4.69) is 81.9 Å². The van der Waals surface area contributed by atoms with Crippen molar-refractivity contribution >= 4 is 99.3 Å². The number of aldehydes is 1. The van der Waals surface area contributed by atoms with E-state index in [0.29, 0.717) is 59.4 Å². The number of anilines is 2. The molecule has 2 aromatic heterocycles. The molecule has 2 unspecified atom stereocenters. The van der Waals surface area contributed by atoms with Crippen molar-refractivity contribution < 1.29 is 72.4 Å². The number of imide groups is 4. The van der Waals surface area contributed by atoms with Gasteiger partial charge in [-0.1, -0.05) is 47.5 Å². The number of carbonyl (C=O) groups excluding carboxylic acids is 11. The number of hydrogen-bond donors (Lipinski definition) is 7. The molecule has 0 radical (unpaired) electrons. The summed E-state index contributed by atoms with van der Waals surface area (Å²) in [5.41, 5.74) is 10.3. The van der Waals surface area contributed by atoms with Gasteiger partial charge in [-0.25, -0.2) is 9.97 Å². The van der Waals surface area contributed by atoms with Crippen LogP contribution in [0, 0.1) is 31.6 Å². The number of piperidine rings is 3. The lowest BCUT2D eigenvalue weighted by atomic mass is 9.86. The summed E-state index contributed by atoms with van der Waals surface area (Å²) in [6.45, 7) is 12.5. The van der Waals surface area contributed by atoms with Gasteiger partial charge in [0.05, 0.1) is 50.9 Å². The van der Waals surface area contributed by atoms with Gasteiger partial charge in [-0.3, -0.25) is 93.6 Å². The normalized spacial score (nSPS) is 21.6. The number of likely N-dealkylation sites (tertiary alicyclic amines) is 1. The highest BCUT2D eigenvalue weighted by molar-refractivity contribution is 6.24. The van der Waals surface area contributed by atoms with Gasteiger partial charge in [0.1, 0.15) is 30.2 Å². The van der Waals surface area contributed by atoms with E-state index in [4.69, 9.17) is 19.4 Å². The molecule has 6 aromatic carbocycles. The Labute approximate surface area is 653 Å². The van der Waals surface area contributed by atoms with E-state index in [1.807, 2.05) is 62.4 Å². The number of amides is 10. The fourth-order valence-electron chi connectivity index (χ4n) is 16.9. The van der Waals surface area contributed by atoms with Gasteiger partial charge in [0.25, 0.3) is 35.4 Å². The van der Waals surface area contributed by atoms with E-state index in [1.54, 1.807) is 18.2 Å². The number of benzene rings is 6. The average molecular weight is 1540 g/mol. The summed E-state index contributed by atoms with van der Waals surface area (Å²) in [5.74, 6) is -1.55. The molecule has 0 spiro atoms. The molecule has 28 nitrogen and oxygen atoms in total. The van der Waals surface area contributed by atoms with Crippen molar-refractivity contribution in [3.63, 3.8) is 0 Å². The van der Waals surface area contributed by atoms with Gasteiger partial charge in [-0.2, -0.15) is 0 Å². The van der Waals surface area contributed by atoms with Crippen LogP contribution in [0.1, 0.15) is 193 Å². The van der Waals surface area contributed by atoms with Crippen LogP contribution < -0.4 is 36.1 Å². The molecule has 2 atom stereocenters. The number of carbonyl (C=O) groups is 11. The Morgan fingerprint density at radius 3 is 1.37 bits per heavy atom. The number of fused-ring (bicyclic) bond motifs is 4. The van der Waals surface area contributed by atoms with Crippen molar-refractivity contribution in [1.29, 1.82) is 0 Å². The van der Waals surface area contributed by atoms with E-state index in [0.717, 1.165) is 166 Å². The lowest BCUT2D eigenvalue weighted by Crippen LogP contribution is -2.54. The van der Waals surface area contributed by atoms with Crippen molar-refractivity contribution in [3.8, 4) is 11.5 Å². The number of aromatic nitrogens is 4. The summed E-state index contributed by atoms with van der Waals surface area (Å²) in [7, 11) is 0. The van der Waals surface area contributed by atoms with Gasteiger partial charge in [0.2, 0.25) is 35.5 Å². The SMILES string of the molecule is Cc1cccc(C(=O)Nc2nc3cc(CN4CCC(CCOc5ccc6c(c5)C(=O)N(C5CCC(=O)NC5=O)C6=O)CC4)ccc3n2C2CCC(CO)CC2)c1.Cc1cccc(C(=O)Nc2nc3cc(CN4CCNCC4)ccc3n2C2CCC(CO)CC2)c1.O=CCOc1ccc2c(c1)C(=O)N(C1CCC(=O)NC1=O)C2=O. The molecule has 10 amide bonds. The number of nitrogens with one attached hydrogen (secondary N) is 5. The molecule has 8 aromatic rings. The Bertz CT molecular complexity index is 4980. The molecule has 16 rings (SSSR count). The maximum Gasteiger partial charge on any atom is 0.262 e. The molecule has 2 saturated carbocycles. The van der Waals surface area contributed by atoms with Crippen molar-refractivity contribution in [2.75, 3.05) is 76.3 Å². The first-order valence-electron chi connectivity index (χ1n) is 39.3. The molecule has 7 N–H and O–H groups in total. The minimum atomic E-state index is -1.00. The summed E-state index contributed by atoms with van der Waals surface area (Å²) >= 11 is 0. The van der Waals surface area contributed by atoms with E-state index in [1.165, 1.54) is 29.3 Å². The van der Waals surface area contributed by atoms with Crippen LogP contribution in [0.25, 0.3) is 22.1 Å². The third-order valence-electron chi connectivity index (χ3n) is 23.1. The molecule has 4 saturated heterocycles. The molecule has 2 aliphatic carbocycles. The Kier molecular flexibility index (Phi) is 24.5. The summed E-state index contributed by atoms with van der Waals surface area (Å²) in [6.07, 6.45) is 11.5. The molecule has 8 aliphatic rings. The number of aliphatic hydroxyl groups is 2. The van der Waals surface area contributed by atoms with Gasteiger partial charge in [0, 0.05) is 88.5 Å². The van der Waals surface area contributed by atoms with Crippen molar-refractivity contribution in [3.05, 3.63) is 177 Å². The van der Waals surface area contributed by atoms with Crippen LogP contribution in [0.15, 0.2) is 121 Å². The zero-order valence-electron chi connectivity index (χ0n) is 63.5. The second-order valence-electron chi connectivity index (χ2n) is 30.8. The van der Waals surface area contributed by atoms with Gasteiger partial charge in [-0.15, -0.1) is 0 Å². The van der Waals surface area contributed by atoms with E-state index in [-0.39, 0.29) is 97.4 Å². The highest BCUT2D eigenvalue weighted by Gasteiger charge is 2.47. The molecule has 590 valence electrons. The smallest absolute Gasteiger partial charge is 0.262 e. The molecular formula is C85H95N13O15. The highest BCUT2D eigenvalue weighted by Crippen LogP contribution is 2.40. The molecule has 113 heavy (non-hydrogen) atoms. The van der Waals surface area contributed by atoms with Gasteiger partial charge < -0.3 is 34.1 Å². The minimum Gasteiger partial charge on any atom is -0.494 e. The first kappa shape index (κ1) is 78.5. The Balaban J connectivity index is 0.000000157. The summed E-state index contributed by atoms with van der Waals surface area (Å²) in [6, 6.07) is 35.7. The zero-order valence-corrected chi connectivity index (χ0v) is 63.5. The van der Waals surface area contributed by atoms with E-state index < -0.39 is 59.3 Å². The lowest BCUT2D eigenvalue weighted by Gasteiger charge is -2.32. The second-order valence-corrected chi connectivity index (χ2v) is 30.8. The van der Waals surface area contributed by atoms with Crippen LogP contribution in [0.4, 0.5) is 11.9 Å². The fourth-order valence-corrected chi connectivity index (χ4v) is 16.9. The van der Waals surface area contributed by atoms with Crippen LogP contribution >= 0.6 is 0 Å². The first-order valence-corrected chi connectivity index (χ1v) is 39.3. The number of nitrogens with zero attached hydrogens (tertiary/aromatic N) is 8. The zero-order chi connectivity index (χ0) is 79.0. The fraction of sp³-hybridized carbons (Fsp3) is 0.424. The van der Waals surface area contributed by atoms with Crippen LogP contribution in [-0.2, 0) is 37.1 Å². The van der Waals surface area contributed by atoms with Gasteiger partial charge in [-0.05, 0) is 224 Å². The second kappa shape index (κ2) is 35.3. The van der Waals surface area contributed by atoms with Gasteiger partial charge >= 0.3 is 0 Å². The number of rotatable bonds is 21. The van der Waals surface area contributed by atoms with Crippen LogP contribution in [0.5, 0.6) is 11.5 Å². The number of aryl methyl sites for hydroxylation is 2. The molecule has 0 bridgehead atoms. The minimum absolute atomic E-state index is 0.0670.